The second-order valence-corrected chi connectivity index (χ2v) is 9.10. The van der Waals surface area contributed by atoms with Gasteiger partial charge in [0.15, 0.2) is 0 Å². The van der Waals surface area contributed by atoms with Crippen molar-refractivity contribution in [2.24, 2.45) is 0 Å². The van der Waals surface area contributed by atoms with Gasteiger partial charge in [0.1, 0.15) is 0 Å². The molecular weight excluding hydrogens is 421 g/mol. The number of rotatable bonds is 8. The molecule has 12 heteroatoms. The molecule has 0 saturated heterocycles. The molecule has 0 rings (SSSR count). The van der Waals surface area contributed by atoms with E-state index in [9.17, 15) is 47.0 Å². The maximum absolute atomic E-state index is 13.0. The molecule has 0 aliphatic heterocycles. The van der Waals surface area contributed by atoms with Gasteiger partial charge in [0.2, 0.25) is 0 Å². The predicted molar refractivity (Wildman–Crippen MR) is 47.8 cm³/mol. The van der Waals surface area contributed by atoms with Crippen LogP contribution in [0, 0.1) is 0 Å². The Labute approximate surface area is 113 Å². The van der Waals surface area contributed by atoms with Gasteiger partial charge in [0, 0.05) is 0 Å². The van der Waals surface area contributed by atoms with Crippen LogP contribution >= 0.6 is 0 Å². The maximum atomic E-state index is 13.0. The average Bonchev–Trinajstić information content (AvgIpc) is 2.40. The van der Waals surface area contributed by atoms with E-state index in [0.717, 1.165) is 0 Å². The fourth-order valence-electron chi connectivity index (χ4n) is 1.07. The van der Waals surface area contributed by atoms with E-state index in [2.05, 4.69) is 0 Å². The summed E-state index contributed by atoms with van der Waals surface area (Å²) < 4.78 is 127. The Morgan fingerprint density at radius 1 is 0.500 bits per heavy atom. The van der Waals surface area contributed by atoms with Crippen LogP contribution < -0.4 is 0 Å². The first-order chi connectivity index (χ1) is 9.02. The van der Waals surface area contributed by atoms with Crippen molar-refractivity contribution in [1.82, 2.24) is 0 Å². The van der Waals surface area contributed by atoms with Crippen molar-refractivity contribution in [3.05, 3.63) is 0 Å². The first-order valence-corrected chi connectivity index (χ1v) is 9.42. The number of halogens is 10. The summed E-state index contributed by atoms with van der Waals surface area (Å²) in [6, 6.07) is 0. The van der Waals surface area contributed by atoms with Gasteiger partial charge in [-0.1, -0.05) is 0 Å². The van der Waals surface area contributed by atoms with Crippen LogP contribution in [-0.2, 0) is 3.08 Å². The monoisotopic (exact) mass is 430 g/mol. The Balaban J connectivity index is 4.80. The molecule has 0 aliphatic carbocycles. The molecule has 0 saturated carbocycles. The fourth-order valence-corrected chi connectivity index (χ4v) is 4.78. The zero-order chi connectivity index (χ0) is 16.2. The van der Waals surface area contributed by atoms with Crippen molar-refractivity contribution in [2.75, 3.05) is 0 Å². The Morgan fingerprint density at radius 2 is 0.750 bits per heavy atom. The van der Waals surface area contributed by atoms with Gasteiger partial charge in [0.25, 0.3) is 0 Å². The van der Waals surface area contributed by atoms with E-state index >= 15 is 0 Å². The third-order valence-corrected chi connectivity index (χ3v) is 7.11. The van der Waals surface area contributed by atoms with Gasteiger partial charge in [0.05, 0.1) is 0 Å². The molecule has 0 radical (unpaired) electrons. The molecule has 120 valence electrons. The van der Waals surface area contributed by atoms with Crippen LogP contribution in [0.4, 0.5) is 43.9 Å². The molecule has 0 aromatic heterocycles. The molecule has 6 atom stereocenters. The van der Waals surface area contributed by atoms with Gasteiger partial charge in [-0.15, -0.1) is 0 Å². The molecule has 0 spiro atoms. The number of hydrogen-bond donors (Lipinski definition) is 0. The summed E-state index contributed by atoms with van der Waals surface area (Å²) in [5, 5.41) is 0. The molecule has 0 fully saturated rings. The summed E-state index contributed by atoms with van der Waals surface area (Å²) in [6.45, 7) is 0. The van der Waals surface area contributed by atoms with Crippen LogP contribution in [0.2, 0.25) is 0 Å². The van der Waals surface area contributed by atoms with Gasteiger partial charge in [-0.2, -0.15) is 0 Å². The molecule has 0 N–H and O–H groups in total. The minimum atomic E-state index is -5.81. The molecule has 20 heavy (non-hydrogen) atoms. The molecular formula is C8H8F10OSn. The Bertz CT molecular complexity index is 288. The van der Waals surface area contributed by atoms with E-state index < -0.39 is 65.7 Å². The van der Waals surface area contributed by atoms with Crippen molar-refractivity contribution in [1.29, 1.82) is 0 Å². The molecule has 0 heterocycles. The summed E-state index contributed by atoms with van der Waals surface area (Å²) in [5.41, 5.74) is 0. The topological polar surface area (TPSA) is 17.1 Å². The van der Waals surface area contributed by atoms with Crippen LogP contribution in [0.25, 0.3) is 0 Å². The van der Waals surface area contributed by atoms with Crippen molar-refractivity contribution in [2.45, 2.75) is 45.9 Å². The van der Waals surface area contributed by atoms with E-state index in [1.807, 2.05) is 0 Å². The second-order valence-electron chi connectivity index (χ2n) is 3.65. The Morgan fingerprint density at radius 3 is 0.950 bits per heavy atom. The van der Waals surface area contributed by atoms with Gasteiger partial charge >= 0.3 is 113 Å². The van der Waals surface area contributed by atoms with Crippen LogP contribution in [0.3, 0.4) is 0 Å². The zero-order valence-corrected chi connectivity index (χ0v) is 12.2. The van der Waals surface area contributed by atoms with Crippen molar-refractivity contribution >= 4 is 19.7 Å². The van der Waals surface area contributed by atoms with E-state index in [1.165, 1.54) is 0 Å². The molecule has 1 nitrogen and oxygen atoms in total. The van der Waals surface area contributed by atoms with Crippen LogP contribution in [0.5, 0.6) is 0 Å². The fraction of sp³-hybridized carbons (Fsp3) is 1.00. The SMILES string of the molecule is [O]=[Sn]([CH](F)C(F)C(F)C(F)F)[CH](F)C(F)C(F)C(F)F. The minimum absolute atomic E-state index is 3.60. The Kier molecular flexibility index (Phi) is 8.33. The third kappa shape index (κ3) is 5.02. The summed E-state index contributed by atoms with van der Waals surface area (Å²) in [5.74, 6) is 0. The molecule has 0 aromatic rings. The van der Waals surface area contributed by atoms with Gasteiger partial charge in [-0.05, 0) is 0 Å². The van der Waals surface area contributed by atoms with Crippen LogP contribution in [0.15, 0.2) is 0 Å². The molecule has 0 amide bonds. The second kappa shape index (κ2) is 8.37. The van der Waals surface area contributed by atoms with Crippen LogP contribution in [0.1, 0.15) is 0 Å². The Hall–Kier alpha value is -0.101. The van der Waals surface area contributed by atoms with E-state index in [-0.39, 0.29) is 0 Å². The van der Waals surface area contributed by atoms with Crippen molar-refractivity contribution in [3.63, 3.8) is 0 Å². The molecule has 0 bridgehead atoms. The van der Waals surface area contributed by atoms with Gasteiger partial charge < -0.3 is 0 Å². The van der Waals surface area contributed by atoms with Crippen molar-refractivity contribution < 1.29 is 47.0 Å². The molecule has 0 aliphatic rings. The number of hydrogen-bond acceptors (Lipinski definition) is 1. The van der Waals surface area contributed by atoms with Crippen LogP contribution in [-0.4, -0.2) is 65.7 Å². The standard InChI is InChI=1S/2C4H4F5.O.Sn/c2*5-1-2(6)3(7)4(8)9;;/h2*1-4H;;. The normalized spacial score (nSPS) is 21.4. The quantitative estimate of drug-likeness (QED) is 0.429. The third-order valence-electron chi connectivity index (χ3n) is 2.19. The van der Waals surface area contributed by atoms with Crippen molar-refractivity contribution in [3.8, 4) is 0 Å². The summed E-state index contributed by atoms with van der Waals surface area (Å²) >= 11 is -5.81. The molecule has 6 unspecified atom stereocenters. The van der Waals surface area contributed by atoms with E-state index in [0.29, 0.717) is 0 Å². The molecule has 0 aromatic carbocycles. The number of alkyl halides is 10. The zero-order valence-electron chi connectivity index (χ0n) is 9.31. The summed E-state index contributed by atoms with van der Waals surface area (Å²) in [4.78, 5) is 0. The van der Waals surface area contributed by atoms with Gasteiger partial charge in [-0.25, -0.2) is 0 Å². The first kappa shape index (κ1) is 19.9. The van der Waals surface area contributed by atoms with E-state index in [4.69, 9.17) is 0 Å². The summed E-state index contributed by atoms with van der Waals surface area (Å²) in [7, 11) is 0. The first-order valence-electron chi connectivity index (χ1n) is 4.96. The van der Waals surface area contributed by atoms with Gasteiger partial charge in [-0.3, -0.25) is 0 Å². The van der Waals surface area contributed by atoms with E-state index in [1.54, 1.807) is 0 Å². The summed E-state index contributed by atoms with van der Waals surface area (Å²) in [6.07, 6.45) is -22.9. The predicted octanol–water partition coefficient (Wildman–Crippen LogP) is 3.05. The average molecular weight is 429 g/mol.